The van der Waals surface area contributed by atoms with E-state index < -0.39 is 13.9 Å². The van der Waals surface area contributed by atoms with Gasteiger partial charge in [-0.3, -0.25) is 0 Å². The van der Waals surface area contributed by atoms with Crippen molar-refractivity contribution in [3.05, 3.63) is 0 Å². The molecule has 0 rings (SSSR count). The average Bonchev–Trinajstić information content (AvgIpc) is 1.65. The van der Waals surface area contributed by atoms with Crippen molar-refractivity contribution in [1.29, 1.82) is 0 Å². The van der Waals surface area contributed by atoms with Crippen molar-refractivity contribution < 1.29 is 13.8 Å². The molecule has 0 aliphatic heterocycles. The van der Waals surface area contributed by atoms with E-state index in [9.17, 15) is 8.96 Å². The van der Waals surface area contributed by atoms with Crippen LogP contribution < -0.4 is 0 Å². The van der Waals surface area contributed by atoms with E-state index in [1.165, 1.54) is 6.92 Å². The van der Waals surface area contributed by atoms with Crippen LogP contribution in [0.4, 0.5) is 4.39 Å². The Morgan fingerprint density at radius 3 is 2.25 bits per heavy atom. The predicted octanol–water partition coefficient (Wildman–Crippen LogP) is 0.243. The van der Waals surface area contributed by atoms with Crippen LogP contribution in [0.1, 0.15) is 13.3 Å². The molecule has 0 aromatic rings. The minimum Gasteiger partial charge on any atom is -0.187 e. The highest BCUT2D eigenvalue weighted by Gasteiger charge is 2.24. The fourth-order valence-electron chi connectivity index (χ4n) is 0.156. The summed E-state index contributed by atoms with van der Waals surface area (Å²) in [5.41, 5.74) is 0. The number of hydrogen-bond donors (Lipinski definition) is 1. The van der Waals surface area contributed by atoms with Crippen LogP contribution in [0.2, 0.25) is 0 Å². The Labute approximate surface area is 59.1 Å². The lowest BCUT2D eigenvalue weighted by Gasteiger charge is -1.79. The molecule has 2 unspecified atom stereocenters. The molecule has 0 aromatic carbocycles. The third-order valence-electron chi connectivity index (χ3n) is 0.577. The summed E-state index contributed by atoms with van der Waals surface area (Å²) >= 11 is 0. The first-order chi connectivity index (χ1) is 3.18. The second-order valence-electron chi connectivity index (χ2n) is 1.15. The van der Waals surface area contributed by atoms with E-state index in [2.05, 4.69) is 0 Å². The van der Waals surface area contributed by atoms with Crippen LogP contribution in [0.25, 0.3) is 0 Å². The maximum absolute atomic E-state index is 11.7. The molecular formula is C3H10AlFO2P+. The fraction of sp³-hybridized carbons (Fsp3) is 1.00. The summed E-state index contributed by atoms with van der Waals surface area (Å²) in [6.07, 6.45) is 0.117. The van der Waals surface area contributed by atoms with Crippen LogP contribution in [-0.2, 0) is 4.57 Å². The highest BCUT2D eigenvalue weighted by Crippen LogP contribution is 2.25. The molecule has 8 heavy (non-hydrogen) atoms. The van der Waals surface area contributed by atoms with Crippen molar-refractivity contribution >= 4 is 25.4 Å². The van der Waals surface area contributed by atoms with Gasteiger partial charge >= 0.3 is 13.9 Å². The van der Waals surface area contributed by atoms with Gasteiger partial charge in [0, 0.05) is 6.42 Å². The molecular weight excluding hydrogens is 145 g/mol. The zero-order chi connectivity index (χ0) is 5.86. The lowest BCUT2D eigenvalue weighted by atomic mass is 10.6. The van der Waals surface area contributed by atoms with Crippen molar-refractivity contribution in [2.24, 2.45) is 0 Å². The highest BCUT2D eigenvalue weighted by molar-refractivity contribution is 7.38. The maximum atomic E-state index is 11.7. The van der Waals surface area contributed by atoms with Crippen LogP contribution in [-0.4, -0.2) is 28.2 Å². The molecule has 48 valence electrons. The largest absolute Gasteiger partial charge is 0.542 e. The Balaban J connectivity index is 0. The number of rotatable bonds is 2. The molecule has 0 aromatic heterocycles. The van der Waals surface area contributed by atoms with E-state index in [1.807, 2.05) is 0 Å². The monoisotopic (exact) mass is 155 g/mol. The van der Waals surface area contributed by atoms with Gasteiger partial charge in [0.1, 0.15) is 0 Å². The van der Waals surface area contributed by atoms with Crippen LogP contribution in [0.5, 0.6) is 0 Å². The summed E-state index contributed by atoms with van der Waals surface area (Å²) in [5, 5.41) is 0. The van der Waals surface area contributed by atoms with E-state index >= 15 is 0 Å². The first-order valence-corrected chi connectivity index (χ1v) is 3.26. The summed E-state index contributed by atoms with van der Waals surface area (Å²) in [5.74, 6) is -1.53. The molecule has 5 heteroatoms. The van der Waals surface area contributed by atoms with Gasteiger partial charge < -0.3 is 0 Å². The highest BCUT2D eigenvalue weighted by atomic mass is 31.1. The maximum Gasteiger partial charge on any atom is 0.542 e. The molecule has 0 radical (unpaired) electrons. The van der Waals surface area contributed by atoms with Gasteiger partial charge in [0.15, 0.2) is 17.4 Å². The second-order valence-corrected chi connectivity index (χ2v) is 2.31. The molecule has 0 heterocycles. The summed E-state index contributed by atoms with van der Waals surface area (Å²) in [6, 6.07) is 0. The summed E-state index contributed by atoms with van der Waals surface area (Å²) in [7, 11) is -2.58. The van der Waals surface area contributed by atoms with E-state index in [0.29, 0.717) is 0 Å². The number of halogens is 1. The van der Waals surface area contributed by atoms with Crippen molar-refractivity contribution in [2.45, 2.75) is 19.3 Å². The third kappa shape index (κ3) is 4.68. The Hall–Kier alpha value is 0.522. The molecule has 1 N–H and O–H groups in total. The molecule has 0 bridgehead atoms. The zero-order valence-corrected chi connectivity index (χ0v) is 4.86. The van der Waals surface area contributed by atoms with Gasteiger partial charge in [0.25, 0.3) is 0 Å². The number of hydrogen-bond acceptors (Lipinski definition) is 1. The van der Waals surface area contributed by atoms with Crippen LogP contribution in [0, 0.1) is 0 Å². The Kier molecular flexibility index (Phi) is 8.01. The molecule has 0 saturated heterocycles. The van der Waals surface area contributed by atoms with Crippen molar-refractivity contribution in [2.75, 3.05) is 0 Å². The Bertz CT molecular complexity index is 79.7. The van der Waals surface area contributed by atoms with Crippen molar-refractivity contribution in [3.8, 4) is 0 Å². The molecule has 2 atom stereocenters. The molecule has 0 saturated carbocycles. The lowest BCUT2D eigenvalue weighted by Crippen LogP contribution is -1.86. The average molecular weight is 155 g/mol. The molecule has 0 fully saturated rings. The molecule has 0 aliphatic rings. The van der Waals surface area contributed by atoms with Gasteiger partial charge in [-0.2, -0.15) is 9.28 Å². The summed E-state index contributed by atoms with van der Waals surface area (Å²) in [4.78, 5) is 7.96. The molecule has 2 nitrogen and oxygen atoms in total. The normalized spacial score (nSPS) is 14.1. The van der Waals surface area contributed by atoms with Gasteiger partial charge in [-0.25, -0.2) is 0 Å². The van der Waals surface area contributed by atoms with Crippen LogP contribution >= 0.6 is 8.03 Å². The first-order valence-electron chi connectivity index (χ1n) is 1.97. The minimum absolute atomic E-state index is 0. The molecule has 0 amide bonds. The Morgan fingerprint density at radius 1 is 1.88 bits per heavy atom. The minimum atomic E-state index is -2.58. The van der Waals surface area contributed by atoms with E-state index in [0.717, 1.165) is 0 Å². The standard InChI is InChI=1S/C3H6FO2P.Al.3H/c1-2-3(4)7(5)6;;;;/h3H,2H2,1H3;;;;/p+1. The SMILES string of the molecule is CCC(F)[P+](=O)O.[AlH3]. The second kappa shape index (κ2) is 5.66. The van der Waals surface area contributed by atoms with Crippen molar-refractivity contribution in [1.82, 2.24) is 0 Å². The fourth-order valence-corrected chi connectivity index (χ4v) is 0.469. The third-order valence-corrected chi connectivity index (χ3v) is 1.42. The van der Waals surface area contributed by atoms with Gasteiger partial charge in [-0.1, -0.05) is 6.92 Å². The van der Waals surface area contributed by atoms with Gasteiger partial charge in [-0.15, -0.1) is 0 Å². The smallest absolute Gasteiger partial charge is 0.187 e. The summed E-state index contributed by atoms with van der Waals surface area (Å²) in [6.45, 7) is 1.52. The van der Waals surface area contributed by atoms with E-state index in [-0.39, 0.29) is 23.8 Å². The predicted molar refractivity (Wildman–Crippen MR) is 35.0 cm³/mol. The lowest BCUT2D eigenvalue weighted by molar-refractivity contribution is 0.379. The number of alkyl halides is 1. The van der Waals surface area contributed by atoms with Crippen LogP contribution in [0.15, 0.2) is 0 Å². The Morgan fingerprint density at radius 2 is 2.25 bits per heavy atom. The van der Waals surface area contributed by atoms with Gasteiger partial charge in [0.2, 0.25) is 0 Å². The van der Waals surface area contributed by atoms with Gasteiger partial charge in [-0.05, 0) is 4.57 Å². The van der Waals surface area contributed by atoms with Crippen molar-refractivity contribution in [3.63, 3.8) is 0 Å². The first kappa shape index (κ1) is 11.3. The topological polar surface area (TPSA) is 37.3 Å². The van der Waals surface area contributed by atoms with Gasteiger partial charge in [0.05, 0.1) is 0 Å². The molecule has 0 spiro atoms. The van der Waals surface area contributed by atoms with E-state index in [1.54, 1.807) is 0 Å². The van der Waals surface area contributed by atoms with Crippen LogP contribution in [0.3, 0.4) is 0 Å². The summed E-state index contributed by atoms with van der Waals surface area (Å²) < 4.78 is 21.4. The zero-order valence-electron chi connectivity index (χ0n) is 3.97. The quantitative estimate of drug-likeness (QED) is 0.458. The van der Waals surface area contributed by atoms with E-state index in [4.69, 9.17) is 4.89 Å². The molecule has 0 aliphatic carbocycles.